The van der Waals surface area contributed by atoms with Crippen LogP contribution in [0.3, 0.4) is 0 Å². The smallest absolute Gasteiger partial charge is 0.337 e. The van der Waals surface area contributed by atoms with E-state index in [0.717, 1.165) is 37.3 Å². The summed E-state index contributed by atoms with van der Waals surface area (Å²) in [4.78, 5) is 17.8. The number of rotatable bonds is 6. The maximum atomic E-state index is 11.2. The Kier molecular flexibility index (Phi) is 4.39. The second-order valence-electron chi connectivity index (χ2n) is 5.30. The molecule has 0 atom stereocenters. The minimum Gasteiger partial charge on any atom is -0.478 e. The van der Waals surface area contributed by atoms with Crippen molar-refractivity contribution < 1.29 is 9.90 Å². The van der Waals surface area contributed by atoms with Crippen molar-refractivity contribution in [3.8, 4) is 0 Å². The first-order chi connectivity index (χ1) is 9.50. The number of benzene rings is 1. The zero-order valence-electron chi connectivity index (χ0n) is 12.3. The molecule has 0 unspecified atom stereocenters. The van der Waals surface area contributed by atoms with Gasteiger partial charge in [-0.15, -0.1) is 0 Å². The van der Waals surface area contributed by atoms with Gasteiger partial charge in [0.05, 0.1) is 11.1 Å². The Labute approximate surface area is 118 Å². The molecule has 0 aliphatic heterocycles. The number of nitrogens with zero attached hydrogens (tertiary/aromatic N) is 3. The lowest BCUT2D eigenvalue weighted by Gasteiger charge is -2.10. The van der Waals surface area contributed by atoms with Crippen LogP contribution in [0.15, 0.2) is 18.2 Å². The van der Waals surface area contributed by atoms with E-state index in [-0.39, 0.29) is 5.56 Å². The lowest BCUT2D eigenvalue weighted by atomic mass is 10.2. The summed E-state index contributed by atoms with van der Waals surface area (Å²) < 4.78 is 2.11. The first-order valence-corrected chi connectivity index (χ1v) is 6.84. The summed E-state index contributed by atoms with van der Waals surface area (Å²) in [6.45, 7) is 3.86. The molecule has 20 heavy (non-hydrogen) atoms. The van der Waals surface area contributed by atoms with Crippen molar-refractivity contribution in [3.63, 3.8) is 0 Å². The Morgan fingerprint density at radius 1 is 1.35 bits per heavy atom. The molecule has 108 valence electrons. The van der Waals surface area contributed by atoms with Crippen molar-refractivity contribution in [2.45, 2.75) is 26.3 Å². The average Bonchev–Trinajstić information content (AvgIpc) is 2.70. The fourth-order valence-corrected chi connectivity index (χ4v) is 2.42. The number of carboxylic acid groups (broad SMARTS) is 1. The first kappa shape index (κ1) is 14.5. The molecule has 2 rings (SSSR count). The molecule has 1 aromatic heterocycles. The van der Waals surface area contributed by atoms with E-state index in [1.165, 1.54) is 0 Å². The molecular weight excluding hydrogens is 254 g/mol. The number of para-hydroxylation sites is 1. The van der Waals surface area contributed by atoms with Gasteiger partial charge < -0.3 is 14.6 Å². The molecule has 1 heterocycles. The van der Waals surface area contributed by atoms with E-state index in [1.807, 2.05) is 13.0 Å². The minimum absolute atomic E-state index is 0.276. The summed E-state index contributed by atoms with van der Waals surface area (Å²) in [5, 5.41) is 9.20. The van der Waals surface area contributed by atoms with Gasteiger partial charge in [-0.3, -0.25) is 0 Å². The van der Waals surface area contributed by atoms with Crippen LogP contribution in [0.5, 0.6) is 0 Å². The zero-order valence-corrected chi connectivity index (χ0v) is 12.3. The third kappa shape index (κ3) is 2.99. The summed E-state index contributed by atoms with van der Waals surface area (Å²) in [6, 6.07) is 5.32. The second-order valence-corrected chi connectivity index (χ2v) is 5.30. The van der Waals surface area contributed by atoms with Crippen molar-refractivity contribution in [1.82, 2.24) is 14.5 Å². The fourth-order valence-electron chi connectivity index (χ4n) is 2.42. The highest BCUT2D eigenvalue weighted by atomic mass is 16.4. The molecule has 0 radical (unpaired) electrons. The Hall–Kier alpha value is -1.88. The van der Waals surface area contributed by atoms with Gasteiger partial charge in [-0.2, -0.15) is 0 Å². The molecule has 1 aromatic carbocycles. The van der Waals surface area contributed by atoms with E-state index >= 15 is 0 Å². The molecule has 0 fully saturated rings. The number of aromatic nitrogens is 2. The summed E-state index contributed by atoms with van der Waals surface area (Å²) in [5.41, 5.74) is 1.77. The lowest BCUT2D eigenvalue weighted by Crippen LogP contribution is -2.13. The molecule has 0 spiro atoms. The number of aryl methyl sites for hydroxylation is 2. The van der Waals surface area contributed by atoms with Gasteiger partial charge in [-0.05, 0) is 52.5 Å². The van der Waals surface area contributed by atoms with Crippen LogP contribution in [0, 0.1) is 6.92 Å². The van der Waals surface area contributed by atoms with Crippen molar-refractivity contribution in [2.75, 3.05) is 20.6 Å². The number of carboxylic acids is 1. The molecule has 5 heteroatoms. The number of unbranched alkanes of at least 4 members (excludes halogenated alkanes) is 1. The third-order valence-electron chi connectivity index (χ3n) is 3.44. The second kappa shape index (κ2) is 6.05. The van der Waals surface area contributed by atoms with Gasteiger partial charge in [0, 0.05) is 6.54 Å². The van der Waals surface area contributed by atoms with E-state index in [0.29, 0.717) is 5.52 Å². The van der Waals surface area contributed by atoms with Crippen LogP contribution in [0.1, 0.15) is 29.0 Å². The van der Waals surface area contributed by atoms with E-state index < -0.39 is 5.97 Å². The van der Waals surface area contributed by atoms with Crippen LogP contribution in [0.2, 0.25) is 0 Å². The van der Waals surface area contributed by atoms with Crippen LogP contribution in [0.4, 0.5) is 0 Å². The number of aromatic carboxylic acids is 1. The molecule has 0 bridgehead atoms. The predicted molar refractivity (Wildman–Crippen MR) is 79.2 cm³/mol. The molecule has 0 amide bonds. The van der Waals surface area contributed by atoms with E-state index in [2.05, 4.69) is 28.5 Å². The largest absolute Gasteiger partial charge is 0.478 e. The Morgan fingerprint density at radius 3 is 2.75 bits per heavy atom. The third-order valence-corrected chi connectivity index (χ3v) is 3.44. The standard InChI is InChI=1S/C15H21N3O2/c1-11-16-14-12(15(19)20)7-6-8-13(14)18(11)10-5-4-9-17(2)3/h6-8H,4-5,9-10H2,1-3H3,(H,19,20). The Bertz CT molecular complexity index is 617. The van der Waals surface area contributed by atoms with Gasteiger partial charge in [0.1, 0.15) is 11.3 Å². The van der Waals surface area contributed by atoms with E-state index in [9.17, 15) is 9.90 Å². The number of hydrogen-bond acceptors (Lipinski definition) is 3. The quantitative estimate of drug-likeness (QED) is 0.822. The van der Waals surface area contributed by atoms with Crippen molar-refractivity contribution >= 4 is 17.0 Å². The van der Waals surface area contributed by atoms with E-state index in [4.69, 9.17) is 0 Å². The number of carbonyl (C=O) groups is 1. The van der Waals surface area contributed by atoms with Gasteiger partial charge in [-0.25, -0.2) is 9.78 Å². The summed E-state index contributed by atoms with van der Waals surface area (Å²) >= 11 is 0. The molecule has 0 saturated carbocycles. The molecule has 1 N–H and O–H groups in total. The molecule has 5 nitrogen and oxygen atoms in total. The molecular formula is C15H21N3O2. The summed E-state index contributed by atoms with van der Waals surface area (Å²) in [7, 11) is 4.13. The number of imidazole rings is 1. The zero-order chi connectivity index (χ0) is 14.7. The highest BCUT2D eigenvalue weighted by molar-refractivity contribution is 6.01. The Morgan fingerprint density at radius 2 is 2.10 bits per heavy atom. The maximum Gasteiger partial charge on any atom is 0.337 e. The Balaban J connectivity index is 2.23. The van der Waals surface area contributed by atoms with Gasteiger partial charge in [0.25, 0.3) is 0 Å². The molecule has 0 saturated heterocycles. The van der Waals surface area contributed by atoms with Crippen LogP contribution >= 0.6 is 0 Å². The van der Waals surface area contributed by atoms with Crippen molar-refractivity contribution in [2.24, 2.45) is 0 Å². The van der Waals surface area contributed by atoms with Crippen LogP contribution in [-0.4, -0.2) is 46.2 Å². The van der Waals surface area contributed by atoms with Gasteiger partial charge >= 0.3 is 5.97 Å². The minimum atomic E-state index is -0.923. The topological polar surface area (TPSA) is 58.4 Å². The summed E-state index contributed by atoms with van der Waals surface area (Å²) in [6.07, 6.45) is 2.17. The summed E-state index contributed by atoms with van der Waals surface area (Å²) in [5.74, 6) is -0.0496. The monoisotopic (exact) mass is 275 g/mol. The van der Waals surface area contributed by atoms with Gasteiger partial charge in [-0.1, -0.05) is 6.07 Å². The first-order valence-electron chi connectivity index (χ1n) is 6.84. The van der Waals surface area contributed by atoms with E-state index in [1.54, 1.807) is 12.1 Å². The van der Waals surface area contributed by atoms with Gasteiger partial charge in [0.15, 0.2) is 0 Å². The molecule has 2 aromatic rings. The van der Waals surface area contributed by atoms with Crippen LogP contribution in [-0.2, 0) is 6.54 Å². The lowest BCUT2D eigenvalue weighted by molar-refractivity contribution is 0.0699. The van der Waals surface area contributed by atoms with Crippen molar-refractivity contribution in [3.05, 3.63) is 29.6 Å². The fraction of sp³-hybridized carbons (Fsp3) is 0.467. The van der Waals surface area contributed by atoms with Crippen molar-refractivity contribution in [1.29, 1.82) is 0 Å². The normalized spacial score (nSPS) is 11.4. The molecule has 0 aliphatic carbocycles. The highest BCUT2D eigenvalue weighted by Crippen LogP contribution is 2.20. The number of fused-ring (bicyclic) bond motifs is 1. The predicted octanol–water partition coefficient (Wildman–Crippen LogP) is 2.38. The van der Waals surface area contributed by atoms with Gasteiger partial charge in [0.2, 0.25) is 0 Å². The maximum absolute atomic E-state index is 11.2. The number of hydrogen-bond donors (Lipinski definition) is 1. The van der Waals surface area contributed by atoms with Crippen LogP contribution in [0.25, 0.3) is 11.0 Å². The van der Waals surface area contributed by atoms with Crippen LogP contribution < -0.4 is 0 Å². The average molecular weight is 275 g/mol. The SMILES string of the molecule is Cc1nc2c(C(=O)O)cccc2n1CCCCN(C)C. The molecule has 0 aliphatic rings. The highest BCUT2D eigenvalue weighted by Gasteiger charge is 2.14.